The summed E-state index contributed by atoms with van der Waals surface area (Å²) in [6, 6.07) is 0. The zero-order chi connectivity index (χ0) is 35.8. The average molecular weight is 685 g/mol. The first kappa shape index (κ1) is 48.0. The van der Waals surface area contributed by atoms with E-state index in [0.29, 0.717) is 25.7 Å². The fourth-order valence-electron chi connectivity index (χ4n) is 6.05. The van der Waals surface area contributed by atoms with Crippen molar-refractivity contribution in [1.29, 1.82) is 0 Å². The second-order valence-corrected chi connectivity index (χ2v) is 13.9. The predicted octanol–water partition coefficient (Wildman–Crippen LogP) is 12.4. The summed E-state index contributed by atoms with van der Waals surface area (Å²) in [5, 5.41) is 34.2. The third-order valence-corrected chi connectivity index (χ3v) is 9.06. The number of hydrogen-bond donors (Lipinski definition) is 4. The Kier molecular flexibility index (Phi) is 41.0. The highest BCUT2D eigenvalue weighted by atomic mass is 16.4. The van der Waals surface area contributed by atoms with Crippen LogP contribution < -0.4 is 0 Å². The van der Waals surface area contributed by atoms with Crippen LogP contribution in [0.15, 0.2) is 0 Å². The smallest absolute Gasteiger partial charge is 0.303 e. The predicted molar refractivity (Wildman–Crippen MR) is 197 cm³/mol. The van der Waals surface area contributed by atoms with Crippen LogP contribution in [0.2, 0.25) is 0 Å². The lowest BCUT2D eigenvalue weighted by atomic mass is 10.0. The Morgan fingerprint density at radius 3 is 0.354 bits per heavy atom. The Bertz CT molecular complexity index is 604. The molecule has 0 fully saturated rings. The van der Waals surface area contributed by atoms with E-state index in [1.165, 1.54) is 154 Å². The van der Waals surface area contributed by atoms with Gasteiger partial charge in [-0.2, -0.15) is 0 Å². The largest absolute Gasteiger partial charge is 0.481 e. The van der Waals surface area contributed by atoms with Crippen LogP contribution in [-0.2, 0) is 19.2 Å². The number of aliphatic carboxylic acids is 4. The van der Waals surface area contributed by atoms with Gasteiger partial charge in [-0.05, 0) is 25.7 Å². The summed E-state index contributed by atoms with van der Waals surface area (Å²) < 4.78 is 0. The van der Waals surface area contributed by atoms with Crippen LogP contribution in [-0.4, -0.2) is 44.3 Å². The monoisotopic (exact) mass is 685 g/mol. The standard InChI is InChI=1S/2C20H38O4/c2*21-19(22)17-15-13-11-9-7-5-3-1-2-4-6-8-10-12-14-16-18-20(23)24/h2*1-18H2,(H,21,22)(H,23,24). The Hall–Kier alpha value is -2.12. The van der Waals surface area contributed by atoms with Crippen molar-refractivity contribution in [2.45, 2.75) is 231 Å². The third-order valence-electron chi connectivity index (χ3n) is 9.06. The van der Waals surface area contributed by atoms with Crippen LogP contribution in [0.3, 0.4) is 0 Å². The highest BCUT2D eigenvalue weighted by Crippen LogP contribution is 2.16. The molecule has 0 aliphatic heterocycles. The molecule has 0 radical (unpaired) electrons. The zero-order valence-corrected chi connectivity index (χ0v) is 30.9. The van der Waals surface area contributed by atoms with E-state index in [1.54, 1.807) is 0 Å². The van der Waals surface area contributed by atoms with E-state index in [-0.39, 0.29) is 0 Å². The number of rotatable bonds is 38. The zero-order valence-electron chi connectivity index (χ0n) is 30.9. The van der Waals surface area contributed by atoms with Crippen molar-refractivity contribution in [3.05, 3.63) is 0 Å². The van der Waals surface area contributed by atoms with E-state index in [4.69, 9.17) is 20.4 Å². The molecule has 0 saturated carbocycles. The van der Waals surface area contributed by atoms with E-state index < -0.39 is 23.9 Å². The summed E-state index contributed by atoms with van der Waals surface area (Å²) in [4.78, 5) is 41.5. The van der Waals surface area contributed by atoms with Crippen molar-refractivity contribution in [3.8, 4) is 0 Å². The van der Waals surface area contributed by atoms with Gasteiger partial charge < -0.3 is 20.4 Å². The van der Waals surface area contributed by atoms with Crippen LogP contribution in [0.25, 0.3) is 0 Å². The molecule has 4 N–H and O–H groups in total. The maximum Gasteiger partial charge on any atom is 0.303 e. The summed E-state index contributed by atoms with van der Waals surface area (Å²) in [5.41, 5.74) is 0. The molecule has 0 heterocycles. The minimum absolute atomic E-state index is 0.322. The maximum absolute atomic E-state index is 10.4. The van der Waals surface area contributed by atoms with Crippen molar-refractivity contribution in [2.24, 2.45) is 0 Å². The van der Waals surface area contributed by atoms with E-state index >= 15 is 0 Å². The SMILES string of the molecule is O=C(O)CCCCCCCCCCCCCCCCCCC(=O)O.O=C(O)CCCCCCCCCCCCCCCCCCC(=O)O. The molecule has 0 bridgehead atoms. The van der Waals surface area contributed by atoms with Crippen LogP contribution >= 0.6 is 0 Å². The molecule has 0 amide bonds. The Morgan fingerprint density at radius 1 is 0.188 bits per heavy atom. The van der Waals surface area contributed by atoms with Gasteiger partial charge in [-0.25, -0.2) is 0 Å². The van der Waals surface area contributed by atoms with Gasteiger partial charge in [-0.3, -0.25) is 19.2 Å². The van der Waals surface area contributed by atoms with Crippen molar-refractivity contribution >= 4 is 23.9 Å². The van der Waals surface area contributed by atoms with Gasteiger partial charge in [0.2, 0.25) is 0 Å². The maximum atomic E-state index is 10.4. The van der Waals surface area contributed by atoms with Gasteiger partial charge in [0, 0.05) is 25.7 Å². The van der Waals surface area contributed by atoms with Gasteiger partial charge >= 0.3 is 23.9 Å². The lowest BCUT2D eigenvalue weighted by molar-refractivity contribution is -0.138. The normalized spacial score (nSPS) is 10.8. The number of carboxylic acid groups (broad SMARTS) is 4. The Balaban J connectivity index is 0. The molecule has 0 aromatic carbocycles. The fraction of sp³-hybridized carbons (Fsp3) is 0.900. The van der Waals surface area contributed by atoms with Gasteiger partial charge in [-0.1, -0.05) is 180 Å². The van der Waals surface area contributed by atoms with Gasteiger partial charge in [-0.15, -0.1) is 0 Å². The first-order valence-corrected chi connectivity index (χ1v) is 20.1. The van der Waals surface area contributed by atoms with Crippen molar-refractivity contribution in [2.75, 3.05) is 0 Å². The molecule has 284 valence electrons. The number of carbonyl (C=O) groups is 4. The van der Waals surface area contributed by atoms with Gasteiger partial charge in [0.25, 0.3) is 0 Å². The molecule has 0 unspecified atom stereocenters. The van der Waals surface area contributed by atoms with Crippen LogP contribution in [0.1, 0.15) is 231 Å². The molecule has 0 atom stereocenters. The number of unbranched alkanes of at least 4 members (excludes halogenated alkanes) is 30. The second kappa shape index (κ2) is 41.1. The molecule has 0 aromatic heterocycles. The molecule has 0 aliphatic carbocycles. The van der Waals surface area contributed by atoms with Gasteiger partial charge in [0.15, 0.2) is 0 Å². The summed E-state index contributed by atoms with van der Waals surface area (Å²) in [6.07, 6.45) is 39.8. The molecule has 0 aliphatic rings. The fourth-order valence-corrected chi connectivity index (χ4v) is 6.05. The second-order valence-electron chi connectivity index (χ2n) is 13.9. The van der Waals surface area contributed by atoms with E-state index in [0.717, 1.165) is 51.4 Å². The highest BCUT2D eigenvalue weighted by molar-refractivity contribution is 5.67. The first-order chi connectivity index (χ1) is 23.3. The number of hydrogen-bond acceptors (Lipinski definition) is 4. The Morgan fingerprint density at radius 2 is 0.271 bits per heavy atom. The molecule has 0 spiro atoms. The molecular weight excluding hydrogens is 608 g/mol. The molecule has 0 saturated heterocycles. The minimum atomic E-state index is -0.673. The first-order valence-electron chi connectivity index (χ1n) is 20.1. The third kappa shape index (κ3) is 50.7. The highest BCUT2D eigenvalue weighted by Gasteiger charge is 2.00. The quantitative estimate of drug-likeness (QED) is 0.0469. The Labute approximate surface area is 294 Å². The van der Waals surface area contributed by atoms with Crippen LogP contribution in [0.5, 0.6) is 0 Å². The van der Waals surface area contributed by atoms with Crippen molar-refractivity contribution < 1.29 is 39.6 Å². The summed E-state index contributed by atoms with van der Waals surface area (Å²) >= 11 is 0. The summed E-state index contributed by atoms with van der Waals surface area (Å²) in [7, 11) is 0. The topological polar surface area (TPSA) is 149 Å². The van der Waals surface area contributed by atoms with Crippen LogP contribution in [0, 0.1) is 0 Å². The van der Waals surface area contributed by atoms with Crippen LogP contribution in [0.4, 0.5) is 0 Å². The van der Waals surface area contributed by atoms with Gasteiger partial charge in [0.05, 0.1) is 0 Å². The van der Waals surface area contributed by atoms with Crippen molar-refractivity contribution in [1.82, 2.24) is 0 Å². The molecule has 8 heteroatoms. The number of carboxylic acids is 4. The van der Waals surface area contributed by atoms with E-state index in [9.17, 15) is 19.2 Å². The van der Waals surface area contributed by atoms with E-state index in [1.807, 2.05) is 0 Å². The molecule has 8 nitrogen and oxygen atoms in total. The van der Waals surface area contributed by atoms with Crippen molar-refractivity contribution in [3.63, 3.8) is 0 Å². The lowest BCUT2D eigenvalue weighted by Crippen LogP contribution is -1.93. The molecule has 48 heavy (non-hydrogen) atoms. The average Bonchev–Trinajstić information content (AvgIpc) is 3.03. The summed E-state index contributed by atoms with van der Waals surface area (Å²) in [5.74, 6) is -2.69. The lowest BCUT2D eigenvalue weighted by Gasteiger charge is -2.03. The van der Waals surface area contributed by atoms with Gasteiger partial charge in [0.1, 0.15) is 0 Å². The molecule has 0 rings (SSSR count). The molecular formula is C40H76O8. The van der Waals surface area contributed by atoms with E-state index in [2.05, 4.69) is 0 Å². The summed E-state index contributed by atoms with van der Waals surface area (Å²) in [6.45, 7) is 0. The molecule has 0 aromatic rings. The minimum Gasteiger partial charge on any atom is -0.481 e.